The van der Waals surface area contributed by atoms with Gasteiger partial charge in [0.1, 0.15) is 18.1 Å². The second kappa shape index (κ2) is 10.1. The van der Waals surface area contributed by atoms with Crippen LogP contribution in [-0.2, 0) is 9.59 Å². The molecule has 168 valence electrons. The Morgan fingerprint density at radius 2 is 1.91 bits per heavy atom. The third-order valence-corrected chi connectivity index (χ3v) is 5.85. The van der Waals surface area contributed by atoms with Crippen LogP contribution < -0.4 is 4.74 Å². The zero-order chi connectivity index (χ0) is 23.4. The first-order valence-corrected chi connectivity index (χ1v) is 11.1. The highest BCUT2D eigenvalue weighted by Crippen LogP contribution is 2.40. The molecule has 0 aliphatic carbocycles. The summed E-state index contributed by atoms with van der Waals surface area (Å²) in [5.41, 5.74) is 2.12. The summed E-state index contributed by atoms with van der Waals surface area (Å²) in [6.45, 7) is 6.82. The largest absolute Gasteiger partial charge is 0.507 e. The Morgan fingerprint density at radius 1 is 1.22 bits per heavy atom. The molecule has 1 fully saturated rings. The molecule has 6 nitrogen and oxygen atoms in total. The number of ketones is 1. The number of aliphatic hydroxyl groups is 1. The van der Waals surface area contributed by atoms with Crippen LogP contribution in [0.25, 0.3) is 5.76 Å². The smallest absolute Gasteiger partial charge is 0.295 e. The van der Waals surface area contributed by atoms with Crippen molar-refractivity contribution in [2.75, 3.05) is 33.8 Å². The highest BCUT2D eigenvalue weighted by molar-refractivity contribution is 9.10. The van der Waals surface area contributed by atoms with Gasteiger partial charge in [-0.15, -0.1) is 0 Å². The second-order valence-electron chi connectivity index (χ2n) is 7.93. The summed E-state index contributed by atoms with van der Waals surface area (Å²) >= 11 is 3.42. The number of rotatable bonds is 8. The van der Waals surface area contributed by atoms with Crippen molar-refractivity contribution in [1.82, 2.24) is 9.80 Å². The molecule has 0 saturated carbocycles. The van der Waals surface area contributed by atoms with Crippen molar-refractivity contribution in [2.24, 2.45) is 0 Å². The van der Waals surface area contributed by atoms with E-state index in [4.69, 9.17) is 4.74 Å². The number of carbonyl (C=O) groups excluding carboxylic acids is 2. The van der Waals surface area contributed by atoms with Gasteiger partial charge in [-0.2, -0.15) is 0 Å². The van der Waals surface area contributed by atoms with Gasteiger partial charge in [-0.3, -0.25) is 9.59 Å². The molecule has 0 radical (unpaired) electrons. The zero-order valence-corrected chi connectivity index (χ0v) is 20.1. The molecule has 3 rings (SSSR count). The molecule has 0 unspecified atom stereocenters. The number of likely N-dealkylation sites (N-methyl/N-ethyl adjacent to an activating group) is 1. The predicted molar refractivity (Wildman–Crippen MR) is 129 cm³/mol. The Balaban J connectivity index is 2.09. The minimum Gasteiger partial charge on any atom is -0.507 e. The van der Waals surface area contributed by atoms with Gasteiger partial charge in [0.25, 0.3) is 11.7 Å². The van der Waals surface area contributed by atoms with Gasteiger partial charge < -0.3 is 19.6 Å². The second-order valence-corrected chi connectivity index (χ2v) is 8.84. The monoisotopic (exact) mass is 498 g/mol. The highest BCUT2D eigenvalue weighted by Gasteiger charge is 2.45. The van der Waals surface area contributed by atoms with Gasteiger partial charge in [0.05, 0.1) is 11.6 Å². The Morgan fingerprint density at radius 3 is 2.50 bits per heavy atom. The fraction of sp³-hybridized carbons (Fsp3) is 0.280. The third kappa shape index (κ3) is 4.95. The quantitative estimate of drug-likeness (QED) is 0.254. The molecule has 1 saturated heterocycles. The first-order valence-electron chi connectivity index (χ1n) is 10.3. The van der Waals surface area contributed by atoms with Gasteiger partial charge in [0, 0.05) is 23.1 Å². The molecule has 32 heavy (non-hydrogen) atoms. The van der Waals surface area contributed by atoms with Crippen LogP contribution >= 0.6 is 15.9 Å². The normalized spacial score (nSPS) is 17.8. The fourth-order valence-electron chi connectivity index (χ4n) is 3.67. The number of likely N-dealkylation sites (tertiary alicyclic amines) is 1. The standard InChI is InChI=1S/C25H27BrN2O4/c1-5-14-32-20-11-8-18(15-16(20)2)23(29)21-22(17-6-9-19(26)10-7-17)28(13-12-27(3)4)25(31)24(21)30/h5-11,15,22,29H,1,12-14H2,2-4H3/t22-/m0/s1. The predicted octanol–water partition coefficient (Wildman–Crippen LogP) is 4.31. The van der Waals surface area contributed by atoms with E-state index in [1.807, 2.05) is 50.2 Å². The zero-order valence-electron chi connectivity index (χ0n) is 18.5. The average molecular weight is 499 g/mol. The first kappa shape index (κ1) is 23.8. The molecule has 1 aliphatic rings. The number of amides is 1. The van der Waals surface area contributed by atoms with E-state index in [1.165, 1.54) is 4.90 Å². The van der Waals surface area contributed by atoms with Gasteiger partial charge in [-0.25, -0.2) is 0 Å². The fourth-order valence-corrected chi connectivity index (χ4v) is 3.94. The molecule has 1 heterocycles. The van der Waals surface area contributed by atoms with E-state index in [-0.39, 0.29) is 11.3 Å². The van der Waals surface area contributed by atoms with E-state index in [1.54, 1.807) is 24.3 Å². The van der Waals surface area contributed by atoms with Crippen molar-refractivity contribution in [1.29, 1.82) is 0 Å². The molecule has 1 amide bonds. The van der Waals surface area contributed by atoms with E-state index >= 15 is 0 Å². The maximum absolute atomic E-state index is 13.1. The van der Waals surface area contributed by atoms with Crippen LogP contribution in [0.1, 0.15) is 22.7 Å². The van der Waals surface area contributed by atoms with E-state index < -0.39 is 17.7 Å². The number of halogens is 1. The Kier molecular flexibility index (Phi) is 7.53. The molecule has 0 bridgehead atoms. The summed E-state index contributed by atoms with van der Waals surface area (Å²) in [6, 6.07) is 11.9. The molecule has 1 atom stereocenters. The molecular formula is C25H27BrN2O4. The van der Waals surface area contributed by atoms with E-state index in [0.717, 1.165) is 15.6 Å². The molecule has 1 N–H and O–H groups in total. The lowest BCUT2D eigenvalue weighted by Gasteiger charge is -2.26. The summed E-state index contributed by atoms with van der Waals surface area (Å²) < 4.78 is 6.49. The van der Waals surface area contributed by atoms with Crippen molar-refractivity contribution >= 4 is 33.4 Å². The summed E-state index contributed by atoms with van der Waals surface area (Å²) in [7, 11) is 3.81. The highest BCUT2D eigenvalue weighted by atomic mass is 79.9. The summed E-state index contributed by atoms with van der Waals surface area (Å²) in [6.07, 6.45) is 1.65. The number of benzene rings is 2. The topological polar surface area (TPSA) is 70.1 Å². The Bertz CT molecular complexity index is 1060. The molecule has 7 heteroatoms. The van der Waals surface area contributed by atoms with Gasteiger partial charge >= 0.3 is 0 Å². The summed E-state index contributed by atoms with van der Waals surface area (Å²) in [5, 5.41) is 11.2. The van der Waals surface area contributed by atoms with Crippen LogP contribution in [0.15, 0.2) is 65.2 Å². The van der Waals surface area contributed by atoms with E-state index in [0.29, 0.717) is 31.0 Å². The molecule has 1 aliphatic heterocycles. The number of aryl methyl sites for hydroxylation is 1. The number of ether oxygens (including phenoxy) is 1. The minimum atomic E-state index is -0.682. The number of hydrogen-bond acceptors (Lipinski definition) is 5. The van der Waals surface area contributed by atoms with Crippen molar-refractivity contribution in [3.8, 4) is 5.75 Å². The SMILES string of the molecule is C=CCOc1ccc(C(O)=C2C(=O)C(=O)N(CCN(C)C)[C@H]2c2ccc(Br)cc2)cc1C. The number of Topliss-reactive ketones (excluding diaryl/α,β-unsaturated/α-hetero) is 1. The lowest BCUT2D eigenvalue weighted by Crippen LogP contribution is -2.35. The lowest BCUT2D eigenvalue weighted by atomic mass is 9.95. The van der Waals surface area contributed by atoms with Crippen molar-refractivity contribution in [2.45, 2.75) is 13.0 Å². The van der Waals surface area contributed by atoms with Gasteiger partial charge in [-0.1, -0.05) is 40.7 Å². The maximum Gasteiger partial charge on any atom is 0.295 e. The van der Waals surface area contributed by atoms with Crippen molar-refractivity contribution < 1.29 is 19.4 Å². The van der Waals surface area contributed by atoms with Crippen LogP contribution in [0.5, 0.6) is 5.75 Å². The van der Waals surface area contributed by atoms with Crippen molar-refractivity contribution in [3.63, 3.8) is 0 Å². The summed E-state index contributed by atoms with van der Waals surface area (Å²) in [5.74, 6) is -0.817. The number of hydrogen-bond donors (Lipinski definition) is 1. The number of nitrogens with zero attached hydrogens (tertiary/aromatic N) is 2. The molecular weight excluding hydrogens is 472 g/mol. The molecule has 2 aromatic rings. The molecule has 0 spiro atoms. The molecule has 0 aromatic heterocycles. The third-order valence-electron chi connectivity index (χ3n) is 5.32. The minimum absolute atomic E-state index is 0.0928. The lowest BCUT2D eigenvalue weighted by molar-refractivity contribution is -0.140. The molecule has 2 aromatic carbocycles. The Hall–Kier alpha value is -2.90. The van der Waals surface area contributed by atoms with Gasteiger partial charge in [0.15, 0.2) is 0 Å². The maximum atomic E-state index is 13.1. The van der Waals surface area contributed by atoms with Crippen LogP contribution in [0.3, 0.4) is 0 Å². The van der Waals surface area contributed by atoms with Gasteiger partial charge in [0.2, 0.25) is 0 Å². The van der Waals surface area contributed by atoms with Crippen LogP contribution in [0, 0.1) is 6.92 Å². The number of aliphatic hydroxyl groups excluding tert-OH is 1. The Labute approximate surface area is 196 Å². The van der Waals surface area contributed by atoms with E-state index in [9.17, 15) is 14.7 Å². The summed E-state index contributed by atoms with van der Waals surface area (Å²) in [4.78, 5) is 29.5. The average Bonchev–Trinajstić information content (AvgIpc) is 3.01. The van der Waals surface area contributed by atoms with Crippen molar-refractivity contribution in [3.05, 3.63) is 81.9 Å². The number of carbonyl (C=O) groups is 2. The van der Waals surface area contributed by atoms with E-state index in [2.05, 4.69) is 22.5 Å². The van der Waals surface area contributed by atoms with Crippen LogP contribution in [0.4, 0.5) is 0 Å². The first-order chi connectivity index (χ1) is 15.2. The van der Waals surface area contributed by atoms with Crippen LogP contribution in [-0.4, -0.2) is 60.4 Å². The van der Waals surface area contributed by atoms with Crippen LogP contribution in [0.2, 0.25) is 0 Å². The van der Waals surface area contributed by atoms with Gasteiger partial charge in [-0.05, 0) is 62.5 Å².